The number of nitrogens with zero attached hydrogens (tertiary/aromatic N) is 2. The lowest BCUT2D eigenvalue weighted by Crippen LogP contribution is -2.13. The first kappa shape index (κ1) is 21.4. The largest absolute Gasteiger partial charge is 0.485 e. The van der Waals surface area contributed by atoms with Crippen LogP contribution in [0.5, 0.6) is 5.75 Å². The Hall–Kier alpha value is -3.36. The lowest BCUT2D eigenvalue weighted by atomic mass is 10.0. The monoisotopic (exact) mass is 402 g/mol. The number of hydrogen-bond acceptors (Lipinski definition) is 4. The minimum absolute atomic E-state index is 0.00141. The fourth-order valence-corrected chi connectivity index (χ4v) is 3.50. The molecule has 0 aliphatic heterocycles. The van der Waals surface area contributed by atoms with Gasteiger partial charge in [-0.1, -0.05) is 24.3 Å². The van der Waals surface area contributed by atoms with Gasteiger partial charge in [0, 0.05) is 37.2 Å². The number of ether oxygens (including phenoxy) is 2. The molecule has 1 aromatic heterocycles. The maximum absolute atomic E-state index is 12.7. The van der Waals surface area contributed by atoms with Crippen LogP contribution in [0.3, 0.4) is 0 Å². The van der Waals surface area contributed by atoms with Crippen LogP contribution in [0, 0.1) is 25.2 Å². The summed E-state index contributed by atoms with van der Waals surface area (Å²) < 4.78 is 13.0. The van der Waals surface area contributed by atoms with Crippen molar-refractivity contribution in [2.45, 2.75) is 26.8 Å². The summed E-state index contributed by atoms with van der Waals surface area (Å²) in [4.78, 5) is 12.7. The van der Waals surface area contributed by atoms with Crippen molar-refractivity contribution in [2.75, 3.05) is 20.3 Å². The van der Waals surface area contributed by atoms with E-state index >= 15 is 0 Å². The summed E-state index contributed by atoms with van der Waals surface area (Å²) in [6.07, 6.45) is 0.905. The molecular weight excluding hydrogens is 376 g/mol. The van der Waals surface area contributed by atoms with Crippen molar-refractivity contribution in [3.8, 4) is 22.9 Å². The fourth-order valence-electron chi connectivity index (χ4n) is 3.50. The number of hydrogen-bond donors (Lipinski definition) is 0. The van der Waals surface area contributed by atoms with Crippen molar-refractivity contribution in [3.63, 3.8) is 0 Å². The Morgan fingerprint density at radius 2 is 1.67 bits per heavy atom. The molecule has 0 N–H and O–H groups in total. The number of ketones is 1. The van der Waals surface area contributed by atoms with Gasteiger partial charge in [-0.25, -0.2) is 0 Å². The van der Waals surface area contributed by atoms with Gasteiger partial charge in [-0.3, -0.25) is 4.79 Å². The third-order valence-corrected chi connectivity index (χ3v) is 5.18. The highest BCUT2D eigenvalue weighted by Crippen LogP contribution is 2.23. The Bertz CT molecular complexity index is 1040. The molecule has 0 radical (unpaired) electrons. The van der Waals surface area contributed by atoms with Crippen molar-refractivity contribution >= 4 is 5.78 Å². The Morgan fingerprint density at radius 1 is 1.03 bits per heavy atom. The maximum Gasteiger partial charge on any atom is 0.202 e. The Kier molecular flexibility index (Phi) is 7.05. The quantitative estimate of drug-likeness (QED) is 0.376. The van der Waals surface area contributed by atoms with Crippen molar-refractivity contribution in [3.05, 3.63) is 77.1 Å². The van der Waals surface area contributed by atoms with E-state index in [-0.39, 0.29) is 12.4 Å². The number of carbonyl (C=O) groups excluding carboxylic acids is 1. The van der Waals surface area contributed by atoms with Gasteiger partial charge >= 0.3 is 0 Å². The van der Waals surface area contributed by atoms with Crippen LogP contribution >= 0.6 is 0 Å². The first-order valence-corrected chi connectivity index (χ1v) is 9.95. The van der Waals surface area contributed by atoms with E-state index in [1.807, 2.05) is 56.3 Å². The van der Waals surface area contributed by atoms with E-state index in [9.17, 15) is 4.79 Å². The van der Waals surface area contributed by atoms with Crippen LogP contribution in [0.15, 0.2) is 54.6 Å². The molecule has 154 valence electrons. The van der Waals surface area contributed by atoms with E-state index in [1.165, 1.54) is 0 Å². The molecule has 0 saturated heterocycles. The predicted molar refractivity (Wildman–Crippen MR) is 117 cm³/mol. The van der Waals surface area contributed by atoms with Gasteiger partial charge in [0.05, 0.1) is 11.6 Å². The smallest absolute Gasteiger partial charge is 0.202 e. The summed E-state index contributed by atoms with van der Waals surface area (Å²) in [5.41, 5.74) is 5.43. The lowest BCUT2D eigenvalue weighted by molar-refractivity contribution is 0.0920. The number of Topliss-reactive ketones (excluding diaryl/α,β-unsaturated/α-hetero) is 1. The number of methoxy groups -OCH3 is 1. The Balaban J connectivity index is 1.62. The van der Waals surface area contributed by atoms with Gasteiger partial charge < -0.3 is 14.0 Å². The van der Waals surface area contributed by atoms with Gasteiger partial charge in [0.15, 0.2) is 6.61 Å². The number of benzene rings is 2. The van der Waals surface area contributed by atoms with Crippen LogP contribution in [0.4, 0.5) is 0 Å². The summed E-state index contributed by atoms with van der Waals surface area (Å²) in [7, 11) is 1.69. The maximum atomic E-state index is 12.7. The average molecular weight is 402 g/mol. The van der Waals surface area contributed by atoms with Crippen molar-refractivity contribution in [1.29, 1.82) is 5.26 Å². The lowest BCUT2D eigenvalue weighted by Gasteiger charge is -2.10. The summed E-state index contributed by atoms with van der Waals surface area (Å²) in [5, 5.41) is 8.90. The highest BCUT2D eigenvalue weighted by atomic mass is 16.5. The van der Waals surface area contributed by atoms with E-state index in [4.69, 9.17) is 14.7 Å². The second-order valence-corrected chi connectivity index (χ2v) is 7.21. The molecule has 0 fully saturated rings. The van der Waals surface area contributed by atoms with E-state index in [0.29, 0.717) is 23.5 Å². The number of aromatic nitrogens is 1. The van der Waals surface area contributed by atoms with Gasteiger partial charge in [-0.15, -0.1) is 0 Å². The zero-order valence-electron chi connectivity index (χ0n) is 17.6. The number of aryl methyl sites for hydroxylation is 1. The summed E-state index contributed by atoms with van der Waals surface area (Å²) in [5.74, 6) is 0.618. The van der Waals surface area contributed by atoms with Crippen molar-refractivity contribution < 1.29 is 14.3 Å². The molecular formula is C25H26N2O3. The van der Waals surface area contributed by atoms with E-state index in [0.717, 1.165) is 35.5 Å². The summed E-state index contributed by atoms with van der Waals surface area (Å²) >= 11 is 0. The molecule has 0 spiro atoms. The molecule has 3 rings (SSSR count). The van der Waals surface area contributed by atoms with Crippen molar-refractivity contribution in [1.82, 2.24) is 4.57 Å². The van der Waals surface area contributed by atoms with Gasteiger partial charge in [0.2, 0.25) is 5.78 Å². The molecule has 0 unspecified atom stereocenters. The molecule has 30 heavy (non-hydrogen) atoms. The third-order valence-electron chi connectivity index (χ3n) is 5.18. The molecule has 0 aliphatic carbocycles. The first-order chi connectivity index (χ1) is 14.5. The minimum atomic E-state index is -0.0303. The van der Waals surface area contributed by atoms with E-state index < -0.39 is 0 Å². The zero-order valence-corrected chi connectivity index (χ0v) is 17.6. The topological polar surface area (TPSA) is 64.2 Å². The molecule has 0 bridgehead atoms. The van der Waals surface area contributed by atoms with Crippen LogP contribution in [-0.4, -0.2) is 30.7 Å². The molecule has 5 nitrogen and oxygen atoms in total. The van der Waals surface area contributed by atoms with Gasteiger partial charge in [0.25, 0.3) is 0 Å². The SMILES string of the molecule is COCCCn1c(C)cc(C(=O)COc2ccc(-c3ccc(C#N)cc3)cc2)c1C. The normalized spacial score (nSPS) is 10.6. The fraction of sp³-hybridized carbons (Fsp3) is 0.280. The minimum Gasteiger partial charge on any atom is -0.485 e. The van der Waals surface area contributed by atoms with Crippen LogP contribution in [0.25, 0.3) is 11.1 Å². The first-order valence-electron chi connectivity index (χ1n) is 9.95. The highest BCUT2D eigenvalue weighted by molar-refractivity contribution is 5.98. The average Bonchev–Trinajstić information content (AvgIpc) is 3.06. The molecule has 1 heterocycles. The third kappa shape index (κ3) is 4.97. The highest BCUT2D eigenvalue weighted by Gasteiger charge is 2.16. The Labute approximate surface area is 177 Å². The summed E-state index contributed by atoms with van der Waals surface area (Å²) in [6.45, 7) is 5.51. The van der Waals surface area contributed by atoms with Gasteiger partial charge in [-0.2, -0.15) is 5.26 Å². The number of nitriles is 1. The molecule has 0 saturated carbocycles. The Morgan fingerprint density at radius 3 is 2.27 bits per heavy atom. The second-order valence-electron chi connectivity index (χ2n) is 7.21. The molecule has 0 aliphatic rings. The standard InChI is InChI=1S/C25H26N2O3/c1-18-15-24(19(2)27(18)13-4-14-29-3)25(28)17-30-23-11-9-22(10-12-23)21-7-5-20(16-26)6-8-21/h5-12,15H,4,13-14,17H2,1-3H3. The van der Waals surface area contributed by atoms with Crippen LogP contribution < -0.4 is 4.74 Å². The van der Waals surface area contributed by atoms with Crippen LogP contribution in [-0.2, 0) is 11.3 Å². The number of carbonyl (C=O) groups is 1. The van der Waals surface area contributed by atoms with Crippen LogP contribution in [0.2, 0.25) is 0 Å². The summed E-state index contributed by atoms with van der Waals surface area (Å²) in [6, 6.07) is 19.1. The van der Waals surface area contributed by atoms with E-state index in [1.54, 1.807) is 19.2 Å². The number of rotatable bonds is 9. The molecule has 0 atom stereocenters. The molecule has 5 heteroatoms. The van der Waals surface area contributed by atoms with Crippen molar-refractivity contribution in [2.24, 2.45) is 0 Å². The molecule has 0 amide bonds. The predicted octanol–water partition coefficient (Wildman–Crippen LogP) is 4.94. The van der Waals surface area contributed by atoms with E-state index in [2.05, 4.69) is 10.6 Å². The second kappa shape index (κ2) is 9.91. The zero-order chi connectivity index (χ0) is 21.5. The van der Waals surface area contributed by atoms with Gasteiger partial charge in [-0.05, 0) is 61.7 Å². The van der Waals surface area contributed by atoms with Crippen LogP contribution in [0.1, 0.15) is 33.7 Å². The molecule has 2 aromatic carbocycles. The van der Waals surface area contributed by atoms with Gasteiger partial charge in [0.1, 0.15) is 5.75 Å². The molecule has 3 aromatic rings.